The van der Waals surface area contributed by atoms with Crippen molar-refractivity contribution in [3.63, 3.8) is 0 Å². The van der Waals surface area contributed by atoms with Gasteiger partial charge in [-0.15, -0.1) is 0 Å². The van der Waals surface area contributed by atoms with E-state index in [0.717, 1.165) is 55.8 Å². The SMILES string of the molecule is CCN(C(=O)CN1CC2CNCC2C1)c1ccccc1C. The van der Waals surface area contributed by atoms with Crippen LogP contribution in [0, 0.1) is 18.8 Å². The lowest BCUT2D eigenvalue weighted by atomic mass is 10.0. The Morgan fingerprint density at radius 1 is 1.29 bits per heavy atom. The second-order valence-corrected chi connectivity index (χ2v) is 6.30. The third-order valence-electron chi connectivity index (χ3n) is 4.85. The normalized spacial score (nSPS) is 25.0. The molecule has 2 saturated heterocycles. The van der Waals surface area contributed by atoms with E-state index < -0.39 is 0 Å². The molecule has 1 aromatic carbocycles. The summed E-state index contributed by atoms with van der Waals surface area (Å²) in [6, 6.07) is 8.13. The minimum Gasteiger partial charge on any atom is -0.316 e. The van der Waals surface area contributed by atoms with Crippen molar-refractivity contribution in [2.75, 3.05) is 44.2 Å². The summed E-state index contributed by atoms with van der Waals surface area (Å²) in [6.07, 6.45) is 0. The third kappa shape index (κ3) is 2.97. The maximum atomic E-state index is 12.7. The number of likely N-dealkylation sites (N-methyl/N-ethyl adjacent to an activating group) is 1. The van der Waals surface area contributed by atoms with Crippen molar-refractivity contribution in [1.82, 2.24) is 10.2 Å². The number of likely N-dealkylation sites (tertiary alicyclic amines) is 1. The Kier molecular flexibility index (Phi) is 4.27. The van der Waals surface area contributed by atoms with Gasteiger partial charge in [0.2, 0.25) is 5.91 Å². The van der Waals surface area contributed by atoms with E-state index in [9.17, 15) is 4.79 Å². The summed E-state index contributed by atoms with van der Waals surface area (Å²) in [5.74, 6) is 1.71. The van der Waals surface area contributed by atoms with E-state index in [1.807, 2.05) is 30.0 Å². The van der Waals surface area contributed by atoms with Crippen LogP contribution in [0.2, 0.25) is 0 Å². The predicted molar refractivity (Wildman–Crippen MR) is 85.5 cm³/mol. The van der Waals surface area contributed by atoms with Crippen LogP contribution < -0.4 is 10.2 Å². The van der Waals surface area contributed by atoms with E-state index in [4.69, 9.17) is 0 Å². The van der Waals surface area contributed by atoms with Crippen LogP contribution in [0.15, 0.2) is 24.3 Å². The summed E-state index contributed by atoms with van der Waals surface area (Å²) in [7, 11) is 0. The van der Waals surface area contributed by atoms with Crippen LogP contribution in [0.5, 0.6) is 0 Å². The average Bonchev–Trinajstić information content (AvgIpc) is 3.02. The Morgan fingerprint density at radius 3 is 2.57 bits per heavy atom. The predicted octanol–water partition coefficient (Wildman–Crippen LogP) is 1.50. The van der Waals surface area contributed by atoms with Gasteiger partial charge in [0.05, 0.1) is 6.54 Å². The van der Waals surface area contributed by atoms with Gasteiger partial charge in [-0.05, 0) is 50.4 Å². The summed E-state index contributed by atoms with van der Waals surface area (Å²) in [5.41, 5.74) is 2.21. The van der Waals surface area contributed by atoms with Crippen molar-refractivity contribution in [3.8, 4) is 0 Å². The molecule has 2 heterocycles. The summed E-state index contributed by atoms with van der Waals surface area (Å²) < 4.78 is 0. The van der Waals surface area contributed by atoms with Crippen molar-refractivity contribution in [1.29, 1.82) is 0 Å². The quantitative estimate of drug-likeness (QED) is 0.911. The number of anilines is 1. The van der Waals surface area contributed by atoms with E-state index in [1.165, 1.54) is 0 Å². The van der Waals surface area contributed by atoms with Crippen molar-refractivity contribution in [2.45, 2.75) is 13.8 Å². The van der Waals surface area contributed by atoms with Crippen LogP contribution >= 0.6 is 0 Å². The Morgan fingerprint density at radius 2 is 1.95 bits per heavy atom. The maximum Gasteiger partial charge on any atom is 0.241 e. The van der Waals surface area contributed by atoms with Gasteiger partial charge in [-0.3, -0.25) is 9.69 Å². The minimum atomic E-state index is 0.222. The number of benzene rings is 1. The summed E-state index contributed by atoms with van der Waals surface area (Å²) in [4.78, 5) is 16.9. The molecule has 2 aliphatic rings. The smallest absolute Gasteiger partial charge is 0.241 e. The molecule has 0 aliphatic carbocycles. The number of para-hydroxylation sites is 1. The Bertz CT molecular complexity index is 505. The molecule has 2 aliphatic heterocycles. The molecule has 0 spiro atoms. The third-order valence-corrected chi connectivity index (χ3v) is 4.85. The first kappa shape index (κ1) is 14.5. The molecular weight excluding hydrogens is 262 g/mol. The van der Waals surface area contributed by atoms with Gasteiger partial charge in [0.1, 0.15) is 0 Å². The molecule has 1 aromatic rings. The zero-order chi connectivity index (χ0) is 14.8. The lowest BCUT2D eigenvalue weighted by Gasteiger charge is -2.26. The second-order valence-electron chi connectivity index (χ2n) is 6.30. The van der Waals surface area contributed by atoms with Crippen LogP contribution in [0.4, 0.5) is 5.69 Å². The molecule has 0 bridgehead atoms. The molecule has 2 fully saturated rings. The molecule has 2 unspecified atom stereocenters. The van der Waals surface area contributed by atoms with Crippen LogP contribution in [-0.4, -0.2) is 50.1 Å². The van der Waals surface area contributed by atoms with Crippen LogP contribution in [-0.2, 0) is 4.79 Å². The molecule has 3 rings (SSSR count). The number of carbonyl (C=O) groups is 1. The number of nitrogens with one attached hydrogen (secondary N) is 1. The average molecular weight is 287 g/mol. The number of rotatable bonds is 4. The number of amides is 1. The van der Waals surface area contributed by atoms with Crippen molar-refractivity contribution >= 4 is 11.6 Å². The highest BCUT2D eigenvalue weighted by Gasteiger charge is 2.37. The molecule has 0 saturated carbocycles. The molecule has 4 nitrogen and oxygen atoms in total. The molecule has 1 amide bonds. The van der Waals surface area contributed by atoms with Gasteiger partial charge >= 0.3 is 0 Å². The van der Waals surface area contributed by atoms with Crippen molar-refractivity contribution < 1.29 is 4.79 Å². The summed E-state index contributed by atoms with van der Waals surface area (Å²) in [5, 5.41) is 3.44. The lowest BCUT2D eigenvalue weighted by Crippen LogP contribution is -2.40. The Labute approximate surface area is 127 Å². The minimum absolute atomic E-state index is 0.222. The fourth-order valence-corrected chi connectivity index (χ4v) is 3.71. The molecule has 1 N–H and O–H groups in total. The summed E-state index contributed by atoms with van der Waals surface area (Å²) >= 11 is 0. The fourth-order valence-electron chi connectivity index (χ4n) is 3.71. The van der Waals surface area contributed by atoms with Crippen LogP contribution in [0.1, 0.15) is 12.5 Å². The van der Waals surface area contributed by atoms with E-state index in [0.29, 0.717) is 6.54 Å². The molecule has 0 radical (unpaired) electrons. The van der Waals surface area contributed by atoms with Crippen LogP contribution in [0.3, 0.4) is 0 Å². The first-order valence-corrected chi connectivity index (χ1v) is 7.98. The second kappa shape index (κ2) is 6.16. The van der Waals surface area contributed by atoms with Gasteiger partial charge in [0.25, 0.3) is 0 Å². The van der Waals surface area contributed by atoms with Gasteiger partial charge in [-0.2, -0.15) is 0 Å². The van der Waals surface area contributed by atoms with Gasteiger partial charge in [0.15, 0.2) is 0 Å². The fraction of sp³-hybridized carbons (Fsp3) is 0.588. The van der Waals surface area contributed by atoms with Gasteiger partial charge < -0.3 is 10.2 Å². The number of nitrogens with zero attached hydrogens (tertiary/aromatic N) is 2. The molecule has 0 aromatic heterocycles. The van der Waals surface area contributed by atoms with Gasteiger partial charge in [0, 0.05) is 25.3 Å². The largest absolute Gasteiger partial charge is 0.316 e. The van der Waals surface area contributed by atoms with E-state index in [1.54, 1.807) is 0 Å². The highest BCUT2D eigenvalue weighted by molar-refractivity contribution is 5.95. The van der Waals surface area contributed by atoms with Gasteiger partial charge in [-0.1, -0.05) is 18.2 Å². The number of hydrogen-bond acceptors (Lipinski definition) is 3. The zero-order valence-corrected chi connectivity index (χ0v) is 13.0. The van der Waals surface area contributed by atoms with E-state index in [-0.39, 0.29) is 5.91 Å². The molecular formula is C17H25N3O. The molecule has 21 heavy (non-hydrogen) atoms. The van der Waals surface area contributed by atoms with E-state index in [2.05, 4.69) is 23.2 Å². The number of hydrogen-bond donors (Lipinski definition) is 1. The lowest BCUT2D eigenvalue weighted by molar-refractivity contribution is -0.119. The first-order chi connectivity index (χ1) is 10.2. The van der Waals surface area contributed by atoms with Crippen LogP contribution in [0.25, 0.3) is 0 Å². The van der Waals surface area contributed by atoms with Crippen molar-refractivity contribution in [2.24, 2.45) is 11.8 Å². The first-order valence-electron chi connectivity index (χ1n) is 7.98. The number of carbonyl (C=O) groups excluding carboxylic acids is 1. The topological polar surface area (TPSA) is 35.6 Å². The molecule has 4 heteroatoms. The molecule has 2 atom stereocenters. The summed E-state index contributed by atoms with van der Waals surface area (Å²) in [6.45, 7) is 9.75. The highest BCUT2D eigenvalue weighted by Crippen LogP contribution is 2.26. The number of fused-ring (bicyclic) bond motifs is 1. The van der Waals surface area contributed by atoms with Crippen molar-refractivity contribution in [3.05, 3.63) is 29.8 Å². The zero-order valence-electron chi connectivity index (χ0n) is 13.0. The molecule has 114 valence electrons. The van der Waals surface area contributed by atoms with E-state index >= 15 is 0 Å². The monoisotopic (exact) mass is 287 g/mol. The Hall–Kier alpha value is -1.39. The standard InChI is InChI=1S/C17H25N3O/c1-3-20(16-7-5-4-6-13(16)2)17(21)12-19-10-14-8-18-9-15(14)11-19/h4-7,14-15,18H,3,8-12H2,1-2H3. The van der Waals surface area contributed by atoms with Gasteiger partial charge in [-0.25, -0.2) is 0 Å². The Balaban J connectivity index is 1.65. The number of aryl methyl sites for hydroxylation is 1. The maximum absolute atomic E-state index is 12.7. The highest BCUT2D eigenvalue weighted by atomic mass is 16.2.